The molecule has 2 heterocycles. The van der Waals surface area contributed by atoms with Crippen LogP contribution in [0.2, 0.25) is 0 Å². The van der Waals surface area contributed by atoms with Crippen LogP contribution in [0.25, 0.3) is 0 Å². The summed E-state index contributed by atoms with van der Waals surface area (Å²) in [7, 11) is 0. The molecule has 444 valence electrons. The van der Waals surface area contributed by atoms with Gasteiger partial charge in [0.25, 0.3) is 0 Å². The van der Waals surface area contributed by atoms with Gasteiger partial charge in [0.15, 0.2) is 18.7 Å². The molecule has 76 heavy (non-hydrogen) atoms. The first-order chi connectivity index (χ1) is 37.0. The molecule has 2 rings (SSSR count). The Morgan fingerprint density at radius 3 is 1.26 bits per heavy atom. The van der Waals surface area contributed by atoms with E-state index in [1.165, 1.54) is 141 Å². The first kappa shape index (κ1) is 69.8. The van der Waals surface area contributed by atoms with Crippen molar-refractivity contribution >= 4 is 11.9 Å². The number of carbonyl (C=O) groups is 2. The first-order valence-corrected chi connectivity index (χ1v) is 30.6. The number of unbranched alkanes of at least 4 members (excludes halogenated alkanes) is 29. The highest BCUT2D eigenvalue weighted by Crippen LogP contribution is 2.27. The number of rotatable bonds is 49. The van der Waals surface area contributed by atoms with Crippen LogP contribution in [0, 0.1) is 0 Å². The summed E-state index contributed by atoms with van der Waals surface area (Å²) >= 11 is 0. The Labute approximate surface area is 459 Å². The molecule has 15 nitrogen and oxygen atoms in total. The smallest absolute Gasteiger partial charge is 0.306 e. The van der Waals surface area contributed by atoms with Gasteiger partial charge in [-0.25, -0.2) is 0 Å². The molecule has 0 aromatic heterocycles. The van der Waals surface area contributed by atoms with Crippen LogP contribution in [0.3, 0.4) is 0 Å². The van der Waals surface area contributed by atoms with Crippen molar-refractivity contribution in [3.63, 3.8) is 0 Å². The maximum absolute atomic E-state index is 13.1. The van der Waals surface area contributed by atoms with Crippen molar-refractivity contribution in [2.45, 2.75) is 313 Å². The average molecular weight is 1080 g/mol. The molecule has 0 radical (unpaired) electrons. The van der Waals surface area contributed by atoms with Crippen molar-refractivity contribution in [2.75, 3.05) is 26.4 Å². The van der Waals surface area contributed by atoms with E-state index in [1.54, 1.807) is 0 Å². The van der Waals surface area contributed by atoms with E-state index in [1.807, 2.05) is 0 Å². The van der Waals surface area contributed by atoms with Crippen molar-refractivity contribution in [3.05, 3.63) is 36.5 Å². The average Bonchev–Trinajstić information content (AvgIpc) is 3.41. The van der Waals surface area contributed by atoms with Gasteiger partial charge in [-0.05, 0) is 51.4 Å². The molecular weight excluding hydrogens is 973 g/mol. The molecule has 0 aliphatic carbocycles. The van der Waals surface area contributed by atoms with Crippen LogP contribution in [0.15, 0.2) is 36.5 Å². The highest BCUT2D eigenvalue weighted by Gasteiger charge is 2.47. The minimum Gasteiger partial charge on any atom is -0.462 e. The van der Waals surface area contributed by atoms with Gasteiger partial charge >= 0.3 is 11.9 Å². The highest BCUT2D eigenvalue weighted by atomic mass is 16.7. The van der Waals surface area contributed by atoms with Gasteiger partial charge in [-0.3, -0.25) is 9.59 Å². The van der Waals surface area contributed by atoms with Crippen LogP contribution in [0.1, 0.15) is 245 Å². The second kappa shape index (κ2) is 47.5. The van der Waals surface area contributed by atoms with E-state index < -0.39 is 92.7 Å². The van der Waals surface area contributed by atoms with Gasteiger partial charge in [0.2, 0.25) is 0 Å². The second-order valence-corrected chi connectivity index (χ2v) is 21.5. The molecule has 0 amide bonds. The lowest BCUT2D eigenvalue weighted by Gasteiger charge is -2.42. The normalized spacial score (nSPS) is 24.5. The number of ether oxygens (including phenoxy) is 6. The van der Waals surface area contributed by atoms with Gasteiger partial charge in [0.1, 0.15) is 55.4 Å². The van der Waals surface area contributed by atoms with Crippen molar-refractivity contribution in [2.24, 2.45) is 0 Å². The van der Waals surface area contributed by atoms with E-state index in [-0.39, 0.29) is 26.1 Å². The first-order valence-electron chi connectivity index (χ1n) is 30.6. The molecule has 0 bridgehead atoms. The van der Waals surface area contributed by atoms with E-state index in [0.717, 1.165) is 64.2 Å². The molecule has 0 saturated carbocycles. The Kier molecular flexibility index (Phi) is 43.7. The fourth-order valence-electron chi connectivity index (χ4n) is 9.64. The van der Waals surface area contributed by atoms with Crippen LogP contribution in [-0.2, 0) is 38.0 Å². The molecule has 0 aromatic rings. The van der Waals surface area contributed by atoms with Gasteiger partial charge in [-0.2, -0.15) is 0 Å². The number of aliphatic hydroxyl groups excluding tert-OH is 7. The Morgan fingerprint density at radius 2 is 0.789 bits per heavy atom. The lowest BCUT2D eigenvalue weighted by molar-refractivity contribution is -0.332. The Balaban J connectivity index is 1.72. The van der Waals surface area contributed by atoms with Crippen LogP contribution < -0.4 is 0 Å². The molecular formula is C61H110O15. The van der Waals surface area contributed by atoms with Crippen molar-refractivity contribution < 1.29 is 73.8 Å². The van der Waals surface area contributed by atoms with Crippen molar-refractivity contribution in [1.29, 1.82) is 0 Å². The zero-order chi connectivity index (χ0) is 55.3. The molecule has 0 spiro atoms. The molecule has 2 aliphatic heterocycles. The fourth-order valence-corrected chi connectivity index (χ4v) is 9.64. The van der Waals surface area contributed by atoms with Crippen LogP contribution >= 0.6 is 0 Å². The number of hydrogen-bond donors (Lipinski definition) is 7. The Morgan fingerprint density at radius 1 is 0.421 bits per heavy atom. The third-order valence-electron chi connectivity index (χ3n) is 14.6. The number of aliphatic hydroxyl groups is 7. The third kappa shape index (κ3) is 34.0. The van der Waals surface area contributed by atoms with Crippen LogP contribution in [0.4, 0.5) is 0 Å². The topological polar surface area (TPSA) is 231 Å². The maximum Gasteiger partial charge on any atom is 0.306 e. The molecule has 2 fully saturated rings. The highest BCUT2D eigenvalue weighted by molar-refractivity contribution is 5.70. The quantitative estimate of drug-likeness (QED) is 0.0171. The number of hydrogen-bond acceptors (Lipinski definition) is 15. The number of carbonyl (C=O) groups excluding carboxylic acids is 2. The molecule has 11 atom stereocenters. The van der Waals surface area contributed by atoms with Crippen molar-refractivity contribution in [1.82, 2.24) is 0 Å². The fraction of sp³-hybridized carbons (Fsp3) is 0.869. The van der Waals surface area contributed by atoms with Gasteiger partial charge in [-0.1, -0.05) is 217 Å². The van der Waals surface area contributed by atoms with Gasteiger partial charge in [-0.15, -0.1) is 0 Å². The second-order valence-electron chi connectivity index (χ2n) is 21.5. The molecule has 0 aromatic carbocycles. The van der Waals surface area contributed by atoms with Crippen molar-refractivity contribution in [3.8, 4) is 0 Å². The van der Waals surface area contributed by atoms with E-state index in [0.29, 0.717) is 12.8 Å². The summed E-state index contributed by atoms with van der Waals surface area (Å²) in [5.41, 5.74) is 0. The summed E-state index contributed by atoms with van der Waals surface area (Å²) in [5, 5.41) is 72.3. The zero-order valence-corrected chi connectivity index (χ0v) is 47.5. The standard InChI is InChI=1S/C61H110O15/c1-3-5-7-9-11-13-15-17-19-21-22-23-24-25-26-28-29-31-33-35-37-39-41-43-52(63)71-46-49(74-53(64)44-42-40-38-36-34-32-30-27-20-18-16-14-12-10-8-6-4-2)47-72-60-59(70)57(68)55(66)51(76-60)48-73-61-58(69)56(67)54(65)50(45-62)75-61/h12,14,18,20,30,32,49-51,54-62,65-70H,3-11,13,15-17,19,21-29,31,33-48H2,1-2H3/b14-12+,20-18+,32-30+/t49-,50+,51+,54-,55-,56?,57?,58?,59?,60+,61+/m0/s1. The third-order valence-corrected chi connectivity index (χ3v) is 14.6. The Hall–Kier alpha value is -2.28. The van der Waals surface area contributed by atoms with Crippen LogP contribution in [0.5, 0.6) is 0 Å². The number of allylic oxidation sites excluding steroid dienone is 6. The largest absolute Gasteiger partial charge is 0.462 e. The minimum atomic E-state index is -1.77. The van der Waals surface area contributed by atoms with Crippen LogP contribution in [-0.4, -0.2) is 142 Å². The minimum absolute atomic E-state index is 0.141. The van der Waals surface area contributed by atoms with E-state index in [2.05, 4.69) is 50.3 Å². The summed E-state index contributed by atoms with van der Waals surface area (Å²) < 4.78 is 33.7. The summed E-state index contributed by atoms with van der Waals surface area (Å²) in [6.07, 6.45) is 37.4. The number of esters is 2. The van der Waals surface area contributed by atoms with E-state index in [9.17, 15) is 45.3 Å². The monoisotopic (exact) mass is 1080 g/mol. The Bertz CT molecular complexity index is 1460. The predicted octanol–water partition coefficient (Wildman–Crippen LogP) is 10.8. The van der Waals surface area contributed by atoms with E-state index in [4.69, 9.17) is 28.4 Å². The molecule has 15 heteroatoms. The molecule has 2 saturated heterocycles. The summed E-state index contributed by atoms with van der Waals surface area (Å²) in [6, 6.07) is 0. The molecule has 4 unspecified atom stereocenters. The lowest BCUT2D eigenvalue weighted by Crippen LogP contribution is -2.61. The van der Waals surface area contributed by atoms with Gasteiger partial charge in [0.05, 0.1) is 19.8 Å². The van der Waals surface area contributed by atoms with E-state index >= 15 is 0 Å². The summed E-state index contributed by atoms with van der Waals surface area (Å²) in [6.45, 7) is 2.59. The van der Waals surface area contributed by atoms with Gasteiger partial charge in [0, 0.05) is 12.8 Å². The molecule has 2 aliphatic rings. The van der Waals surface area contributed by atoms with Gasteiger partial charge < -0.3 is 64.2 Å². The summed E-state index contributed by atoms with van der Waals surface area (Å²) in [5.74, 6) is -0.939. The molecule has 7 N–H and O–H groups in total. The zero-order valence-electron chi connectivity index (χ0n) is 47.5. The predicted molar refractivity (Wildman–Crippen MR) is 298 cm³/mol. The lowest BCUT2D eigenvalue weighted by atomic mass is 9.98. The summed E-state index contributed by atoms with van der Waals surface area (Å²) in [4.78, 5) is 25.9. The maximum atomic E-state index is 13.1. The SMILES string of the molecule is CCCCC/C=C/C/C=C/C/C=C/CCCCCCC(=O)O[C@@H](COC(=O)CCCCCCCCCCCCCCCCCCCCCCCCC)CO[C@@H]1O[C@H](CO[C@@H]2O[C@H](CO)[C@H](O)C(O)C2O)[C@H](O)C(O)C1O.